The van der Waals surface area contributed by atoms with Crippen molar-refractivity contribution < 1.29 is 23.1 Å². The van der Waals surface area contributed by atoms with E-state index in [1.54, 1.807) is 6.20 Å². The summed E-state index contributed by atoms with van der Waals surface area (Å²) in [5.41, 5.74) is 2.93. The van der Waals surface area contributed by atoms with Gasteiger partial charge in [0.15, 0.2) is 0 Å². The third-order valence-electron chi connectivity index (χ3n) is 4.52. The van der Waals surface area contributed by atoms with E-state index in [0.29, 0.717) is 12.1 Å². The highest BCUT2D eigenvalue weighted by Crippen LogP contribution is 2.17. The third kappa shape index (κ3) is 6.16. The van der Waals surface area contributed by atoms with E-state index in [4.69, 9.17) is 20.1 Å². The van der Waals surface area contributed by atoms with Gasteiger partial charge in [-0.1, -0.05) is 12.1 Å². The summed E-state index contributed by atoms with van der Waals surface area (Å²) in [6.45, 7) is 4.31. The molecule has 0 unspecified atom stereocenters. The Morgan fingerprint density at radius 1 is 1.23 bits per heavy atom. The fourth-order valence-corrected chi connectivity index (χ4v) is 3.13. The van der Waals surface area contributed by atoms with Gasteiger partial charge in [0.05, 0.1) is 30.4 Å². The van der Waals surface area contributed by atoms with Crippen LogP contribution in [-0.2, 0) is 31.0 Å². The number of imidazole rings is 1. The molecule has 1 aliphatic rings. The maximum absolute atomic E-state index is 10.6. The summed E-state index contributed by atoms with van der Waals surface area (Å²) >= 11 is 0. The van der Waals surface area contributed by atoms with Crippen LogP contribution in [0.2, 0.25) is 0 Å². The first-order valence-electron chi connectivity index (χ1n) is 9.28. The molecule has 0 saturated carbocycles. The summed E-state index contributed by atoms with van der Waals surface area (Å²) in [5.74, 6) is -1.66. The van der Waals surface area contributed by atoms with Crippen molar-refractivity contribution in [1.82, 2.24) is 24.2 Å². The SMILES string of the molecule is N#Cc1cccc(CN2CCn3cc(Cn4cccn4)nc3C2)c1.O=C(O)C(F)(F)F. The van der Waals surface area contributed by atoms with E-state index < -0.39 is 12.1 Å². The van der Waals surface area contributed by atoms with Gasteiger partial charge < -0.3 is 9.67 Å². The van der Waals surface area contributed by atoms with Crippen molar-refractivity contribution in [1.29, 1.82) is 5.26 Å². The summed E-state index contributed by atoms with van der Waals surface area (Å²) in [5, 5.41) is 20.4. The molecule has 0 aliphatic carbocycles. The molecule has 31 heavy (non-hydrogen) atoms. The summed E-state index contributed by atoms with van der Waals surface area (Å²) in [7, 11) is 0. The van der Waals surface area contributed by atoms with Gasteiger partial charge in [-0.05, 0) is 23.8 Å². The molecule has 1 aliphatic heterocycles. The molecule has 4 rings (SSSR count). The molecule has 0 amide bonds. The quantitative estimate of drug-likeness (QED) is 0.681. The van der Waals surface area contributed by atoms with E-state index in [2.05, 4.69) is 32.9 Å². The Balaban J connectivity index is 0.000000339. The van der Waals surface area contributed by atoms with Gasteiger partial charge in [0, 0.05) is 38.2 Å². The lowest BCUT2D eigenvalue weighted by Gasteiger charge is -2.27. The smallest absolute Gasteiger partial charge is 0.475 e. The number of aliphatic carboxylic acids is 1. The summed E-state index contributed by atoms with van der Waals surface area (Å²) in [6.07, 6.45) is 0.782. The third-order valence-corrected chi connectivity index (χ3v) is 4.52. The van der Waals surface area contributed by atoms with Gasteiger partial charge in [-0.15, -0.1) is 0 Å². The fraction of sp³-hybridized carbons (Fsp3) is 0.300. The van der Waals surface area contributed by atoms with Gasteiger partial charge in [-0.3, -0.25) is 9.58 Å². The highest BCUT2D eigenvalue weighted by atomic mass is 19.4. The number of rotatable bonds is 4. The molecule has 1 N–H and O–H groups in total. The monoisotopic (exact) mass is 432 g/mol. The Bertz CT molecular complexity index is 1070. The predicted molar refractivity (Wildman–Crippen MR) is 103 cm³/mol. The molecular weight excluding hydrogens is 413 g/mol. The number of aromatic nitrogens is 4. The Kier molecular flexibility index (Phi) is 6.71. The molecule has 0 bridgehead atoms. The number of alkyl halides is 3. The van der Waals surface area contributed by atoms with Crippen molar-refractivity contribution >= 4 is 5.97 Å². The van der Waals surface area contributed by atoms with E-state index >= 15 is 0 Å². The van der Waals surface area contributed by atoms with Crippen LogP contribution in [0.5, 0.6) is 0 Å². The van der Waals surface area contributed by atoms with E-state index in [1.807, 2.05) is 35.1 Å². The van der Waals surface area contributed by atoms with E-state index in [9.17, 15) is 13.2 Å². The summed E-state index contributed by atoms with van der Waals surface area (Å²) in [6, 6.07) is 11.9. The van der Waals surface area contributed by atoms with Crippen LogP contribution in [0.15, 0.2) is 48.9 Å². The van der Waals surface area contributed by atoms with Gasteiger partial charge >= 0.3 is 12.1 Å². The minimum absolute atomic E-state index is 0.706. The van der Waals surface area contributed by atoms with Crippen molar-refractivity contribution in [3.8, 4) is 6.07 Å². The van der Waals surface area contributed by atoms with Crippen molar-refractivity contribution in [3.63, 3.8) is 0 Å². The highest BCUT2D eigenvalue weighted by Gasteiger charge is 2.38. The second kappa shape index (κ2) is 9.44. The van der Waals surface area contributed by atoms with Gasteiger partial charge in [-0.25, -0.2) is 9.78 Å². The van der Waals surface area contributed by atoms with Crippen LogP contribution in [0.25, 0.3) is 0 Å². The lowest BCUT2D eigenvalue weighted by Crippen LogP contribution is -2.33. The van der Waals surface area contributed by atoms with Crippen molar-refractivity contribution in [2.45, 2.75) is 32.4 Å². The maximum atomic E-state index is 10.6. The van der Waals surface area contributed by atoms with Crippen molar-refractivity contribution in [3.05, 3.63) is 71.6 Å². The van der Waals surface area contributed by atoms with Crippen LogP contribution in [0.4, 0.5) is 13.2 Å². The molecule has 2 aromatic heterocycles. The normalized spacial score (nSPS) is 13.6. The number of carboxylic acid groups (broad SMARTS) is 1. The minimum Gasteiger partial charge on any atom is -0.475 e. The molecule has 0 saturated heterocycles. The lowest BCUT2D eigenvalue weighted by molar-refractivity contribution is -0.192. The van der Waals surface area contributed by atoms with Gasteiger partial charge in [0.25, 0.3) is 0 Å². The molecule has 3 aromatic rings. The molecular formula is C20H19F3N6O2. The molecule has 8 nitrogen and oxygen atoms in total. The Hall–Kier alpha value is -3.65. The number of halogens is 3. The van der Waals surface area contributed by atoms with Crippen molar-refractivity contribution in [2.75, 3.05) is 6.54 Å². The lowest BCUT2D eigenvalue weighted by atomic mass is 10.1. The summed E-state index contributed by atoms with van der Waals surface area (Å²) < 4.78 is 35.9. The van der Waals surface area contributed by atoms with Gasteiger partial charge in [0.2, 0.25) is 0 Å². The Morgan fingerprint density at radius 3 is 2.65 bits per heavy atom. The number of carboxylic acids is 1. The molecule has 162 valence electrons. The first kappa shape index (κ1) is 22.0. The number of nitrogens with zero attached hydrogens (tertiary/aromatic N) is 6. The number of benzene rings is 1. The van der Waals surface area contributed by atoms with E-state index in [1.165, 1.54) is 5.56 Å². The predicted octanol–water partition coefficient (Wildman–Crippen LogP) is 2.65. The van der Waals surface area contributed by atoms with Crippen molar-refractivity contribution in [2.24, 2.45) is 0 Å². The zero-order chi connectivity index (χ0) is 22.4. The van der Waals surface area contributed by atoms with E-state index in [-0.39, 0.29) is 0 Å². The number of hydrogen-bond acceptors (Lipinski definition) is 5. The number of carbonyl (C=O) groups is 1. The maximum Gasteiger partial charge on any atom is 0.490 e. The first-order valence-corrected chi connectivity index (χ1v) is 9.28. The van der Waals surface area contributed by atoms with Crippen LogP contribution >= 0.6 is 0 Å². The molecule has 1 aromatic carbocycles. The zero-order valence-electron chi connectivity index (χ0n) is 16.3. The average Bonchev–Trinajstić information content (AvgIpc) is 3.37. The van der Waals surface area contributed by atoms with Crippen LogP contribution in [-0.4, -0.2) is 48.0 Å². The zero-order valence-corrected chi connectivity index (χ0v) is 16.3. The number of nitriles is 1. The number of hydrogen-bond donors (Lipinski definition) is 1. The second-order valence-electron chi connectivity index (χ2n) is 6.87. The second-order valence-corrected chi connectivity index (χ2v) is 6.87. The Morgan fingerprint density at radius 2 is 2.00 bits per heavy atom. The molecule has 3 heterocycles. The molecule has 0 atom stereocenters. The molecule has 0 spiro atoms. The molecule has 0 radical (unpaired) electrons. The largest absolute Gasteiger partial charge is 0.490 e. The first-order chi connectivity index (χ1) is 14.7. The Labute approximate surface area is 175 Å². The standard InChI is InChI=1S/C18H18N6.C2HF3O2/c19-10-15-3-1-4-16(9-15)11-22-7-8-23-12-17(21-18(23)14-22)13-24-6-2-5-20-24;3-2(4,5)1(6)7/h1-6,9,12H,7-8,11,13-14H2;(H,6,7). The fourth-order valence-electron chi connectivity index (χ4n) is 3.13. The average molecular weight is 432 g/mol. The summed E-state index contributed by atoms with van der Waals surface area (Å²) in [4.78, 5) is 16.0. The highest BCUT2D eigenvalue weighted by molar-refractivity contribution is 5.73. The van der Waals surface area contributed by atoms with Crippen LogP contribution in [0.1, 0.15) is 22.6 Å². The molecule has 11 heteroatoms. The van der Waals surface area contributed by atoms with E-state index in [0.717, 1.165) is 37.7 Å². The van der Waals surface area contributed by atoms with Gasteiger partial charge in [-0.2, -0.15) is 23.5 Å². The number of fused-ring (bicyclic) bond motifs is 1. The minimum atomic E-state index is -5.08. The molecule has 0 fully saturated rings. The van der Waals surface area contributed by atoms with Crippen LogP contribution in [0.3, 0.4) is 0 Å². The van der Waals surface area contributed by atoms with Crippen LogP contribution in [0, 0.1) is 11.3 Å². The topological polar surface area (TPSA) is 100.0 Å². The van der Waals surface area contributed by atoms with Gasteiger partial charge in [0.1, 0.15) is 5.82 Å². The van der Waals surface area contributed by atoms with Crippen LogP contribution < -0.4 is 0 Å².